The van der Waals surface area contributed by atoms with Gasteiger partial charge in [-0.2, -0.15) is 0 Å². The third kappa shape index (κ3) is 3.07. The van der Waals surface area contributed by atoms with Crippen LogP contribution in [0.5, 0.6) is 0 Å². The van der Waals surface area contributed by atoms with Crippen LogP contribution in [0.15, 0.2) is 46.6 Å². The summed E-state index contributed by atoms with van der Waals surface area (Å²) in [6, 6.07) is 8.26. The smallest absolute Gasteiger partial charge is 0.330 e. The Kier molecular flexibility index (Phi) is 4.78. The van der Waals surface area contributed by atoms with E-state index >= 15 is 4.32 Å². The summed E-state index contributed by atoms with van der Waals surface area (Å²) < 4.78 is 19.9. The summed E-state index contributed by atoms with van der Waals surface area (Å²) in [6.45, 7) is 4.62. The van der Waals surface area contributed by atoms with Crippen molar-refractivity contribution in [3.8, 4) is 0 Å². The number of halogens is 2. The van der Waals surface area contributed by atoms with Crippen LogP contribution in [-0.4, -0.2) is 29.0 Å². The molecule has 1 aromatic carbocycles. The van der Waals surface area contributed by atoms with Crippen LogP contribution in [0.25, 0.3) is 17.7 Å². The molecule has 2 aromatic rings. The fourth-order valence-electron chi connectivity index (χ4n) is 3.83. The number of benzene rings is 1. The summed E-state index contributed by atoms with van der Waals surface area (Å²) in [5.74, 6) is 0. The van der Waals surface area contributed by atoms with Crippen molar-refractivity contribution in [3.05, 3.63) is 74.7 Å². The van der Waals surface area contributed by atoms with Gasteiger partial charge in [-0.15, -0.1) is 0 Å². The molecule has 2 N–H and O–H groups in total. The van der Waals surface area contributed by atoms with Gasteiger partial charge in [0.25, 0.3) is 0 Å². The van der Waals surface area contributed by atoms with Crippen LogP contribution in [0.1, 0.15) is 34.5 Å². The molecule has 27 heavy (non-hydrogen) atoms. The molecule has 0 saturated heterocycles. The molecule has 0 saturated carbocycles. The predicted octanol–water partition coefficient (Wildman–Crippen LogP) is 4.57. The molecule has 0 unspecified atom stereocenters. The van der Waals surface area contributed by atoms with Crippen LogP contribution in [0, 0.1) is 13.8 Å². The molecule has 0 radical (unpaired) electrons. The fraction of sp³-hybridized carbons (Fsp3) is 0.190. The second-order valence-corrected chi connectivity index (χ2v) is 7.81. The van der Waals surface area contributed by atoms with Crippen LogP contribution in [0.2, 0.25) is 0 Å². The second kappa shape index (κ2) is 7.10. The number of hydrogen-bond acceptors (Lipinski definition) is 1. The van der Waals surface area contributed by atoms with Crippen molar-refractivity contribution < 1.29 is 8.80 Å². The number of allylic oxidation sites excluding steroid dienone is 2. The minimum atomic E-state index is -1.26. The van der Waals surface area contributed by atoms with Gasteiger partial charge >= 0.3 is 7.26 Å². The Morgan fingerprint density at radius 2 is 2.07 bits per heavy atom. The molecule has 1 aromatic heterocycles. The topological polar surface area (TPSA) is 34.0 Å². The zero-order valence-corrected chi connectivity index (χ0v) is 17.0. The summed E-state index contributed by atoms with van der Waals surface area (Å²) in [5.41, 5.74) is 13.0. The third-order valence-electron chi connectivity index (χ3n) is 5.06. The van der Waals surface area contributed by atoms with Crippen molar-refractivity contribution in [1.29, 1.82) is 0 Å². The Hall–Kier alpha value is -2.18. The van der Waals surface area contributed by atoms with Gasteiger partial charge in [0.15, 0.2) is 5.70 Å². The van der Waals surface area contributed by atoms with Crippen molar-refractivity contribution >= 4 is 47.1 Å². The van der Waals surface area contributed by atoms with E-state index in [1.165, 1.54) is 5.56 Å². The summed E-state index contributed by atoms with van der Waals surface area (Å²) in [4.78, 5) is 0. The van der Waals surface area contributed by atoms with Gasteiger partial charge in [0.1, 0.15) is 6.21 Å². The lowest BCUT2D eigenvalue weighted by Gasteiger charge is -2.19. The first-order chi connectivity index (χ1) is 13.0. The highest BCUT2D eigenvalue weighted by atomic mass is 79.9. The fourth-order valence-corrected chi connectivity index (χ4v) is 4.46. The van der Waals surface area contributed by atoms with Gasteiger partial charge in [0.05, 0.1) is 5.69 Å². The van der Waals surface area contributed by atoms with Crippen molar-refractivity contribution in [2.45, 2.75) is 20.3 Å². The average Bonchev–Trinajstić information content (AvgIpc) is 3.23. The summed E-state index contributed by atoms with van der Waals surface area (Å²) in [5, 5.41) is 0. The van der Waals surface area contributed by atoms with Gasteiger partial charge in [-0.25, -0.2) is 8.80 Å². The molecule has 3 heterocycles. The number of nitrogens with zero attached hydrogens (tertiary/aromatic N) is 2. The van der Waals surface area contributed by atoms with Crippen molar-refractivity contribution in [3.63, 3.8) is 0 Å². The van der Waals surface area contributed by atoms with Gasteiger partial charge in [-0.1, -0.05) is 34.1 Å². The first kappa shape index (κ1) is 18.2. The highest BCUT2D eigenvalue weighted by Gasteiger charge is 2.48. The molecule has 136 valence electrons. The molecule has 3 nitrogen and oxygen atoms in total. The van der Waals surface area contributed by atoms with E-state index in [1.807, 2.05) is 37.3 Å². The molecule has 0 amide bonds. The first-order valence-electron chi connectivity index (χ1n) is 9.05. The van der Waals surface area contributed by atoms with E-state index < -0.39 is 7.26 Å². The number of fused-ring (bicyclic) bond motifs is 2. The lowest BCUT2D eigenvalue weighted by molar-refractivity contribution is -0.329. The van der Waals surface area contributed by atoms with E-state index in [1.54, 1.807) is 15.2 Å². The van der Waals surface area contributed by atoms with Crippen molar-refractivity contribution in [2.24, 2.45) is 5.73 Å². The van der Waals surface area contributed by atoms with Crippen LogP contribution in [0.3, 0.4) is 0 Å². The zero-order chi connectivity index (χ0) is 19.1. The molecular formula is C21H21BBrFN3+. The van der Waals surface area contributed by atoms with Crippen molar-refractivity contribution in [2.75, 3.05) is 6.54 Å². The molecule has 0 bridgehead atoms. The number of nitrogens with two attached hydrogens (primary N) is 1. The molecule has 4 rings (SSSR count). The van der Waals surface area contributed by atoms with Crippen LogP contribution >= 0.6 is 15.9 Å². The average molecular weight is 425 g/mol. The largest absolute Gasteiger partial charge is 0.846 e. The number of aryl methyl sites for hydroxylation is 2. The molecule has 0 spiro atoms. The maximum atomic E-state index is 15.4. The summed E-state index contributed by atoms with van der Waals surface area (Å²) >= 11 is 3.60. The van der Waals surface area contributed by atoms with Crippen molar-refractivity contribution in [1.82, 2.24) is 4.48 Å². The molecule has 2 aliphatic heterocycles. The molecule has 6 heteroatoms. The molecular weight excluding hydrogens is 404 g/mol. The lowest BCUT2D eigenvalue weighted by atomic mass is 9.91. The maximum absolute atomic E-state index is 15.4. The summed E-state index contributed by atoms with van der Waals surface area (Å²) in [7, 11) is -1.26. The molecule has 0 fully saturated rings. The van der Waals surface area contributed by atoms with E-state index in [0.29, 0.717) is 13.0 Å². The zero-order valence-electron chi connectivity index (χ0n) is 15.4. The SMILES string of the molecule is Cc1ccc(C=Cc2cc(C)c3n2B(F)[N+]2=CC=CC2=C3CCN)c(Br)c1. The Bertz CT molecular complexity index is 1050. The quantitative estimate of drug-likeness (QED) is 0.716. The minimum Gasteiger partial charge on any atom is -0.330 e. The number of rotatable bonds is 4. The molecule has 0 atom stereocenters. The van der Waals surface area contributed by atoms with Crippen LogP contribution < -0.4 is 5.73 Å². The molecule has 0 aliphatic carbocycles. The second-order valence-electron chi connectivity index (χ2n) is 6.96. The van der Waals surface area contributed by atoms with Crippen LogP contribution in [-0.2, 0) is 0 Å². The highest BCUT2D eigenvalue weighted by Crippen LogP contribution is 2.36. The van der Waals surface area contributed by atoms with E-state index in [4.69, 9.17) is 5.73 Å². The predicted molar refractivity (Wildman–Crippen MR) is 115 cm³/mol. The highest BCUT2D eigenvalue weighted by molar-refractivity contribution is 9.10. The normalized spacial score (nSPS) is 15.6. The van der Waals surface area contributed by atoms with E-state index in [0.717, 1.165) is 38.3 Å². The van der Waals surface area contributed by atoms with E-state index in [9.17, 15) is 0 Å². The lowest BCUT2D eigenvalue weighted by Crippen LogP contribution is -2.39. The number of aromatic nitrogens is 1. The maximum Gasteiger partial charge on any atom is 0.846 e. The molecule has 2 aliphatic rings. The third-order valence-corrected chi connectivity index (χ3v) is 5.74. The Morgan fingerprint density at radius 3 is 2.81 bits per heavy atom. The van der Waals surface area contributed by atoms with Gasteiger partial charge in [-0.05, 0) is 61.7 Å². The van der Waals surface area contributed by atoms with E-state index in [-0.39, 0.29) is 0 Å². The first-order valence-corrected chi connectivity index (χ1v) is 9.84. The van der Waals surface area contributed by atoms with Crippen LogP contribution in [0.4, 0.5) is 4.32 Å². The Labute approximate surface area is 167 Å². The van der Waals surface area contributed by atoms with Gasteiger partial charge in [0.2, 0.25) is 0 Å². The number of hydrogen-bond donors (Lipinski definition) is 1. The Balaban J connectivity index is 1.82. The van der Waals surface area contributed by atoms with Gasteiger partial charge in [-0.3, -0.25) is 4.48 Å². The Morgan fingerprint density at radius 1 is 1.26 bits per heavy atom. The van der Waals surface area contributed by atoms with E-state index in [2.05, 4.69) is 41.1 Å². The van der Waals surface area contributed by atoms with Gasteiger partial charge < -0.3 is 5.73 Å². The standard InChI is InChI=1S/C21H21BBrFN3/c1-14-5-6-16(19(23)12-14)7-8-17-13-15(2)21-18(9-10-25)20-4-3-11-26(20)22(24)27(17)21/h3-8,11-13H,9-10,25H2,1-2H3/q+1. The van der Waals surface area contributed by atoms with Gasteiger partial charge in [0, 0.05) is 27.9 Å². The summed E-state index contributed by atoms with van der Waals surface area (Å²) in [6.07, 6.45) is 10.4. The minimum absolute atomic E-state index is 0.531. The monoisotopic (exact) mass is 424 g/mol.